The molecular weight excluding hydrogens is 450 g/mol. The smallest absolute Gasteiger partial charge is 0.310 e. The van der Waals surface area contributed by atoms with Crippen LogP contribution in [0.3, 0.4) is 0 Å². The quantitative estimate of drug-likeness (QED) is 0.529. The Morgan fingerprint density at radius 2 is 1.94 bits per heavy atom. The SMILES string of the molecule is CCOC(=O)[C@@H]1CCCN(C(=O)CN(c2ccc(OC)cc2)S(=O)(=O)c2c(C)noc2C)C1. The van der Waals surface area contributed by atoms with Gasteiger partial charge in [0.1, 0.15) is 18.0 Å². The third kappa shape index (κ3) is 5.29. The average molecular weight is 480 g/mol. The van der Waals surface area contributed by atoms with Crippen LogP contribution >= 0.6 is 0 Å². The number of benzene rings is 1. The Morgan fingerprint density at radius 3 is 2.52 bits per heavy atom. The van der Waals surface area contributed by atoms with Gasteiger partial charge in [-0.3, -0.25) is 13.9 Å². The normalized spacial score (nSPS) is 16.4. The van der Waals surface area contributed by atoms with Crippen LogP contribution in [0.25, 0.3) is 0 Å². The predicted octanol–water partition coefficient (Wildman–Crippen LogP) is 2.30. The second kappa shape index (κ2) is 10.2. The first-order chi connectivity index (χ1) is 15.7. The van der Waals surface area contributed by atoms with Crippen molar-refractivity contribution in [3.8, 4) is 5.75 Å². The molecule has 2 aromatic rings. The number of likely N-dealkylation sites (tertiary alicyclic amines) is 1. The van der Waals surface area contributed by atoms with Crippen molar-refractivity contribution in [1.29, 1.82) is 0 Å². The lowest BCUT2D eigenvalue weighted by Gasteiger charge is -2.33. The fourth-order valence-corrected chi connectivity index (χ4v) is 5.61. The summed E-state index contributed by atoms with van der Waals surface area (Å²) in [6.45, 7) is 5.24. The molecule has 0 unspecified atom stereocenters. The minimum atomic E-state index is -4.17. The van der Waals surface area contributed by atoms with Gasteiger partial charge in [0.15, 0.2) is 10.7 Å². The van der Waals surface area contributed by atoms with Crippen LogP contribution in [0.5, 0.6) is 5.75 Å². The monoisotopic (exact) mass is 479 g/mol. The average Bonchev–Trinajstić information content (AvgIpc) is 3.16. The molecule has 1 aromatic heterocycles. The molecule has 2 heterocycles. The molecule has 180 valence electrons. The maximum atomic E-state index is 13.6. The number of carbonyl (C=O) groups is 2. The molecule has 0 aliphatic carbocycles. The number of piperidine rings is 1. The molecule has 0 radical (unpaired) electrons. The Kier molecular flexibility index (Phi) is 7.62. The Hall–Kier alpha value is -3.08. The first kappa shape index (κ1) is 24.6. The van der Waals surface area contributed by atoms with E-state index in [2.05, 4.69) is 5.16 Å². The number of rotatable bonds is 8. The number of hydrogen-bond acceptors (Lipinski definition) is 8. The molecule has 0 spiro atoms. The molecule has 3 rings (SSSR count). The van der Waals surface area contributed by atoms with Crippen LogP contribution in [0.15, 0.2) is 33.7 Å². The number of amides is 1. The Balaban J connectivity index is 1.91. The van der Waals surface area contributed by atoms with Crippen LogP contribution in [0.2, 0.25) is 0 Å². The molecule has 33 heavy (non-hydrogen) atoms. The van der Waals surface area contributed by atoms with E-state index in [0.29, 0.717) is 30.8 Å². The van der Waals surface area contributed by atoms with Crippen molar-refractivity contribution in [3.05, 3.63) is 35.7 Å². The molecule has 11 heteroatoms. The maximum Gasteiger partial charge on any atom is 0.310 e. The lowest BCUT2D eigenvalue weighted by atomic mass is 9.98. The number of nitrogens with zero attached hydrogens (tertiary/aromatic N) is 3. The van der Waals surface area contributed by atoms with Crippen LogP contribution in [-0.4, -0.2) is 63.7 Å². The third-order valence-electron chi connectivity index (χ3n) is 5.55. The van der Waals surface area contributed by atoms with Crippen molar-refractivity contribution in [1.82, 2.24) is 10.1 Å². The van der Waals surface area contributed by atoms with Crippen LogP contribution in [0, 0.1) is 19.8 Å². The van der Waals surface area contributed by atoms with Gasteiger partial charge in [0.2, 0.25) is 5.91 Å². The fourth-order valence-electron chi connectivity index (χ4n) is 3.90. The number of esters is 1. The van der Waals surface area contributed by atoms with E-state index in [1.54, 1.807) is 31.2 Å². The molecule has 1 fully saturated rings. The fraction of sp³-hybridized carbons (Fsp3) is 0.500. The number of methoxy groups -OCH3 is 1. The summed E-state index contributed by atoms with van der Waals surface area (Å²) in [5.41, 5.74) is 0.502. The number of aromatic nitrogens is 1. The number of hydrogen-bond donors (Lipinski definition) is 0. The van der Waals surface area contributed by atoms with Gasteiger partial charge in [-0.25, -0.2) is 8.42 Å². The van der Waals surface area contributed by atoms with Gasteiger partial charge in [-0.2, -0.15) is 0 Å². The van der Waals surface area contributed by atoms with E-state index in [9.17, 15) is 18.0 Å². The molecule has 0 N–H and O–H groups in total. The van der Waals surface area contributed by atoms with Gasteiger partial charge in [-0.1, -0.05) is 5.16 Å². The van der Waals surface area contributed by atoms with Crippen LogP contribution in [-0.2, 0) is 24.3 Å². The van der Waals surface area contributed by atoms with E-state index in [4.69, 9.17) is 14.0 Å². The first-order valence-corrected chi connectivity index (χ1v) is 12.2. The molecule has 0 saturated carbocycles. The van der Waals surface area contributed by atoms with E-state index < -0.39 is 28.4 Å². The summed E-state index contributed by atoms with van der Waals surface area (Å²) < 4.78 is 43.6. The van der Waals surface area contributed by atoms with E-state index in [1.165, 1.54) is 25.9 Å². The van der Waals surface area contributed by atoms with Crippen molar-refractivity contribution in [2.24, 2.45) is 5.92 Å². The van der Waals surface area contributed by atoms with Crippen LogP contribution < -0.4 is 9.04 Å². The molecule has 1 aliphatic rings. The zero-order valence-corrected chi connectivity index (χ0v) is 20.1. The molecule has 1 aromatic carbocycles. The first-order valence-electron chi connectivity index (χ1n) is 10.7. The number of aryl methyl sites for hydroxylation is 2. The molecule has 1 aliphatic heterocycles. The number of anilines is 1. The highest BCUT2D eigenvalue weighted by molar-refractivity contribution is 7.93. The zero-order chi connectivity index (χ0) is 24.2. The summed E-state index contributed by atoms with van der Waals surface area (Å²) in [6.07, 6.45) is 1.26. The molecule has 1 amide bonds. The molecule has 1 atom stereocenters. The van der Waals surface area contributed by atoms with Gasteiger partial charge >= 0.3 is 5.97 Å². The van der Waals surface area contributed by atoms with Gasteiger partial charge in [-0.05, 0) is 57.9 Å². The molecule has 10 nitrogen and oxygen atoms in total. The number of ether oxygens (including phenoxy) is 2. The van der Waals surface area contributed by atoms with Gasteiger partial charge in [-0.15, -0.1) is 0 Å². The highest BCUT2D eigenvalue weighted by Crippen LogP contribution is 2.29. The van der Waals surface area contributed by atoms with Crippen molar-refractivity contribution >= 4 is 27.6 Å². The second-order valence-electron chi connectivity index (χ2n) is 7.79. The van der Waals surface area contributed by atoms with Crippen molar-refractivity contribution < 1.29 is 32.0 Å². The predicted molar refractivity (Wildman–Crippen MR) is 119 cm³/mol. The summed E-state index contributed by atoms with van der Waals surface area (Å²) in [4.78, 5) is 26.8. The molecular formula is C22H29N3O7S. The topological polar surface area (TPSA) is 119 Å². The van der Waals surface area contributed by atoms with E-state index in [1.807, 2.05) is 0 Å². The van der Waals surface area contributed by atoms with Crippen LogP contribution in [0.4, 0.5) is 5.69 Å². The van der Waals surface area contributed by atoms with Crippen molar-refractivity contribution in [2.45, 2.75) is 38.5 Å². The highest BCUT2D eigenvalue weighted by Gasteiger charge is 2.35. The number of sulfonamides is 1. The van der Waals surface area contributed by atoms with Crippen molar-refractivity contribution in [3.63, 3.8) is 0 Å². The number of carbonyl (C=O) groups excluding carboxylic acids is 2. The lowest BCUT2D eigenvalue weighted by Crippen LogP contribution is -2.48. The summed E-state index contributed by atoms with van der Waals surface area (Å²) in [6, 6.07) is 6.37. The highest BCUT2D eigenvalue weighted by atomic mass is 32.2. The minimum absolute atomic E-state index is 0.0748. The van der Waals surface area contributed by atoms with E-state index in [0.717, 1.165) is 4.31 Å². The zero-order valence-electron chi connectivity index (χ0n) is 19.2. The minimum Gasteiger partial charge on any atom is -0.497 e. The van der Waals surface area contributed by atoms with Crippen LogP contribution in [0.1, 0.15) is 31.2 Å². The van der Waals surface area contributed by atoms with Gasteiger partial charge in [0, 0.05) is 13.1 Å². The third-order valence-corrected chi connectivity index (χ3v) is 7.57. The maximum absolute atomic E-state index is 13.6. The van der Waals surface area contributed by atoms with Crippen molar-refractivity contribution in [2.75, 3.05) is 37.7 Å². The Morgan fingerprint density at radius 1 is 1.24 bits per heavy atom. The largest absolute Gasteiger partial charge is 0.497 e. The molecule has 1 saturated heterocycles. The Bertz CT molecular complexity index is 1080. The summed E-state index contributed by atoms with van der Waals surface area (Å²) in [5.74, 6) is -0.483. The van der Waals surface area contributed by atoms with E-state index in [-0.39, 0.29) is 35.5 Å². The van der Waals surface area contributed by atoms with E-state index >= 15 is 0 Å². The van der Waals surface area contributed by atoms with Gasteiger partial charge < -0.3 is 18.9 Å². The standard InChI is InChI=1S/C22H29N3O7S/c1-5-31-22(27)17-7-6-12-24(13-17)20(26)14-25(18-8-10-19(30-4)11-9-18)33(28,29)21-15(2)23-32-16(21)3/h8-11,17H,5-7,12-14H2,1-4H3/t17-/m1/s1. The lowest BCUT2D eigenvalue weighted by molar-refractivity contribution is -0.151. The van der Waals surface area contributed by atoms with Gasteiger partial charge in [0.05, 0.1) is 25.3 Å². The Labute approximate surface area is 193 Å². The van der Waals surface area contributed by atoms with Gasteiger partial charge in [0.25, 0.3) is 10.0 Å². The summed E-state index contributed by atoms with van der Waals surface area (Å²) in [7, 11) is -2.66. The summed E-state index contributed by atoms with van der Waals surface area (Å²) >= 11 is 0. The second-order valence-corrected chi connectivity index (χ2v) is 9.59. The molecule has 0 bridgehead atoms. The summed E-state index contributed by atoms with van der Waals surface area (Å²) in [5, 5.41) is 3.75.